The van der Waals surface area contributed by atoms with Crippen molar-refractivity contribution in [3.63, 3.8) is 0 Å². The van der Waals surface area contributed by atoms with Crippen LogP contribution >= 0.6 is 23.1 Å². The van der Waals surface area contributed by atoms with E-state index >= 15 is 0 Å². The van der Waals surface area contributed by atoms with Gasteiger partial charge in [0.2, 0.25) is 0 Å². The Morgan fingerprint density at radius 2 is 1.81 bits per heavy atom. The maximum absolute atomic E-state index is 14.0. The summed E-state index contributed by atoms with van der Waals surface area (Å²) in [6, 6.07) is 8.04. The molecule has 0 unspecified atom stereocenters. The third-order valence-corrected chi connectivity index (χ3v) is 5.68. The molecule has 1 nitrogen and oxygen atoms in total. The highest BCUT2D eigenvalue weighted by Gasteiger charge is 2.26. The molecule has 0 atom stereocenters. The molecular weight excluding hydrogens is 310 g/mol. The minimum atomic E-state index is -0.914. The fraction of sp³-hybridized carbons (Fsp3) is 0.0625. The highest BCUT2D eigenvalue weighted by atomic mass is 32.2. The summed E-state index contributed by atoms with van der Waals surface area (Å²) in [7, 11) is 0. The van der Waals surface area contributed by atoms with E-state index in [9.17, 15) is 13.6 Å². The first-order valence-electron chi connectivity index (χ1n) is 6.31. The number of ketones is 1. The van der Waals surface area contributed by atoms with Gasteiger partial charge in [0.15, 0.2) is 17.4 Å². The summed E-state index contributed by atoms with van der Waals surface area (Å²) in [5, 5.41) is 2.97. The third-order valence-electron chi connectivity index (χ3n) is 3.63. The van der Waals surface area contributed by atoms with Crippen LogP contribution in [0.3, 0.4) is 0 Å². The Morgan fingerprint density at radius 3 is 2.67 bits per heavy atom. The van der Waals surface area contributed by atoms with Crippen molar-refractivity contribution >= 4 is 39.0 Å². The molecule has 0 bridgehead atoms. The SMILES string of the molecule is O=C1c2ccc(F)c(F)c2CSc2c1ccc1sccc21. The molecule has 1 aromatic heterocycles. The van der Waals surface area contributed by atoms with Gasteiger partial charge in [-0.2, -0.15) is 0 Å². The third kappa shape index (κ3) is 1.84. The van der Waals surface area contributed by atoms with E-state index in [2.05, 4.69) is 0 Å². The van der Waals surface area contributed by atoms with Crippen LogP contribution in [-0.2, 0) is 5.75 Å². The van der Waals surface area contributed by atoms with Crippen molar-refractivity contribution in [3.05, 3.63) is 64.0 Å². The molecule has 0 saturated carbocycles. The Hall–Kier alpha value is -1.72. The van der Waals surface area contributed by atoms with Crippen LogP contribution < -0.4 is 0 Å². The normalized spacial score (nSPS) is 13.9. The van der Waals surface area contributed by atoms with E-state index in [0.29, 0.717) is 5.56 Å². The summed E-state index contributed by atoms with van der Waals surface area (Å²) in [5.74, 6) is -1.80. The molecule has 0 amide bonds. The van der Waals surface area contributed by atoms with Crippen LogP contribution in [-0.4, -0.2) is 5.78 Å². The number of halogens is 2. The Labute approximate surface area is 127 Å². The molecule has 104 valence electrons. The molecule has 0 N–H and O–H groups in total. The Kier molecular flexibility index (Phi) is 2.87. The molecular formula is C16H8F2OS2. The van der Waals surface area contributed by atoms with Crippen LogP contribution in [0.1, 0.15) is 21.5 Å². The lowest BCUT2D eigenvalue weighted by molar-refractivity contribution is 0.103. The van der Waals surface area contributed by atoms with Crippen molar-refractivity contribution in [2.75, 3.05) is 0 Å². The molecule has 1 aliphatic heterocycles. The molecule has 21 heavy (non-hydrogen) atoms. The molecule has 2 heterocycles. The van der Waals surface area contributed by atoms with Gasteiger partial charge in [0.1, 0.15) is 0 Å². The van der Waals surface area contributed by atoms with Gasteiger partial charge >= 0.3 is 0 Å². The van der Waals surface area contributed by atoms with Crippen molar-refractivity contribution in [3.8, 4) is 0 Å². The van der Waals surface area contributed by atoms with Crippen LogP contribution in [0.25, 0.3) is 10.1 Å². The van der Waals surface area contributed by atoms with Crippen LogP contribution in [0.5, 0.6) is 0 Å². The largest absolute Gasteiger partial charge is 0.289 e. The fourth-order valence-electron chi connectivity index (χ4n) is 2.59. The van der Waals surface area contributed by atoms with E-state index in [4.69, 9.17) is 0 Å². The Balaban J connectivity index is 2.00. The zero-order valence-corrected chi connectivity index (χ0v) is 12.3. The maximum Gasteiger partial charge on any atom is 0.194 e. The first kappa shape index (κ1) is 13.0. The summed E-state index contributed by atoms with van der Waals surface area (Å²) >= 11 is 2.99. The van der Waals surface area contributed by atoms with Crippen LogP contribution in [0, 0.1) is 11.6 Å². The number of benzene rings is 2. The summed E-state index contributed by atoms with van der Waals surface area (Å²) in [4.78, 5) is 13.5. The smallest absolute Gasteiger partial charge is 0.194 e. The summed E-state index contributed by atoms with van der Waals surface area (Å²) < 4.78 is 28.5. The second-order valence-corrected chi connectivity index (χ2v) is 6.71. The van der Waals surface area contributed by atoms with Crippen molar-refractivity contribution in [2.24, 2.45) is 0 Å². The summed E-state index contributed by atoms with van der Waals surface area (Å²) in [5.41, 5.74) is 0.981. The molecule has 0 spiro atoms. The molecule has 5 heteroatoms. The molecule has 0 aliphatic carbocycles. The summed E-state index contributed by atoms with van der Waals surface area (Å²) in [6.07, 6.45) is 0. The first-order valence-corrected chi connectivity index (χ1v) is 8.18. The van der Waals surface area contributed by atoms with Gasteiger partial charge in [-0.25, -0.2) is 8.78 Å². The molecule has 4 rings (SSSR count). The Bertz CT molecular complexity index is 899. The topological polar surface area (TPSA) is 17.1 Å². The van der Waals surface area contributed by atoms with Crippen molar-refractivity contribution in [1.82, 2.24) is 0 Å². The minimum absolute atomic E-state index is 0.157. The van der Waals surface area contributed by atoms with Crippen LogP contribution in [0.2, 0.25) is 0 Å². The highest BCUT2D eigenvalue weighted by molar-refractivity contribution is 7.98. The van der Waals surface area contributed by atoms with Gasteiger partial charge in [0.25, 0.3) is 0 Å². The lowest BCUT2D eigenvalue weighted by atomic mass is 9.98. The van der Waals surface area contributed by atoms with E-state index in [1.807, 2.05) is 17.5 Å². The predicted molar refractivity (Wildman–Crippen MR) is 81.2 cm³/mol. The van der Waals surface area contributed by atoms with Gasteiger partial charge in [-0.05, 0) is 35.7 Å². The summed E-state index contributed by atoms with van der Waals surface area (Å²) in [6.45, 7) is 0. The average molecular weight is 318 g/mol. The number of carbonyl (C=O) groups is 1. The van der Waals surface area contributed by atoms with Gasteiger partial charge in [-0.15, -0.1) is 23.1 Å². The van der Waals surface area contributed by atoms with Gasteiger partial charge in [0, 0.05) is 37.4 Å². The van der Waals surface area contributed by atoms with E-state index in [1.54, 1.807) is 17.4 Å². The second kappa shape index (κ2) is 4.64. The lowest BCUT2D eigenvalue weighted by Crippen LogP contribution is -2.06. The number of rotatable bonds is 0. The molecule has 1 aliphatic rings. The number of carbonyl (C=O) groups excluding carboxylic acids is 1. The standard InChI is InChI=1S/C16H8F2OS2/c17-12-3-1-8-11(14(12)18)7-21-16-9-5-6-20-13(9)4-2-10(16)15(8)19/h1-6H,7H2. The second-order valence-electron chi connectivity index (χ2n) is 4.78. The Morgan fingerprint density at radius 1 is 1.00 bits per heavy atom. The van der Waals surface area contributed by atoms with Crippen LogP contribution in [0.15, 0.2) is 40.6 Å². The van der Waals surface area contributed by atoms with E-state index in [1.165, 1.54) is 17.8 Å². The highest BCUT2D eigenvalue weighted by Crippen LogP contribution is 2.40. The maximum atomic E-state index is 14.0. The number of thiophene rings is 1. The van der Waals surface area contributed by atoms with Crippen molar-refractivity contribution in [2.45, 2.75) is 10.6 Å². The number of fused-ring (bicyclic) bond motifs is 4. The minimum Gasteiger partial charge on any atom is -0.289 e. The van der Waals surface area contributed by atoms with Gasteiger partial charge in [-0.3, -0.25) is 4.79 Å². The molecule has 3 aromatic rings. The molecule has 0 saturated heterocycles. The van der Waals surface area contributed by atoms with Crippen molar-refractivity contribution < 1.29 is 13.6 Å². The zero-order chi connectivity index (χ0) is 14.6. The number of hydrogen-bond donors (Lipinski definition) is 0. The molecule has 0 radical (unpaired) electrons. The zero-order valence-electron chi connectivity index (χ0n) is 10.7. The van der Waals surface area contributed by atoms with Gasteiger partial charge in [-0.1, -0.05) is 0 Å². The van der Waals surface area contributed by atoms with Gasteiger partial charge in [0.05, 0.1) is 0 Å². The lowest BCUT2D eigenvalue weighted by Gasteiger charge is -2.06. The first-order chi connectivity index (χ1) is 10.2. The van der Waals surface area contributed by atoms with Crippen LogP contribution in [0.4, 0.5) is 8.78 Å². The van der Waals surface area contributed by atoms with E-state index in [0.717, 1.165) is 21.0 Å². The monoisotopic (exact) mass is 318 g/mol. The van der Waals surface area contributed by atoms with E-state index in [-0.39, 0.29) is 22.7 Å². The van der Waals surface area contributed by atoms with Gasteiger partial charge < -0.3 is 0 Å². The quantitative estimate of drug-likeness (QED) is 0.579. The predicted octanol–water partition coefficient (Wildman–Crippen LogP) is 5.02. The molecule has 2 aromatic carbocycles. The number of thioether (sulfide) groups is 1. The number of hydrogen-bond acceptors (Lipinski definition) is 3. The average Bonchev–Trinajstić information content (AvgIpc) is 2.91. The fourth-order valence-corrected chi connectivity index (χ4v) is 4.67. The van der Waals surface area contributed by atoms with Crippen molar-refractivity contribution in [1.29, 1.82) is 0 Å². The van der Waals surface area contributed by atoms with E-state index < -0.39 is 11.6 Å². The molecule has 0 fully saturated rings.